The number of nitrogens with one attached hydrogen (secondary N) is 1. The summed E-state index contributed by atoms with van der Waals surface area (Å²) in [6, 6.07) is 13.8. The van der Waals surface area contributed by atoms with E-state index in [1.807, 2.05) is 53.2 Å². The Morgan fingerprint density at radius 2 is 1.89 bits per heavy atom. The minimum Gasteiger partial charge on any atom is -0.378 e. The first-order valence-corrected chi connectivity index (χ1v) is 8.95. The van der Waals surface area contributed by atoms with Crippen LogP contribution in [-0.4, -0.2) is 46.7 Å². The second-order valence-electron chi connectivity index (χ2n) is 6.32. The summed E-state index contributed by atoms with van der Waals surface area (Å²) in [7, 11) is 0. The molecule has 1 fully saturated rings. The summed E-state index contributed by atoms with van der Waals surface area (Å²) in [5.74, 6) is 0.230. The van der Waals surface area contributed by atoms with Gasteiger partial charge in [-0.3, -0.25) is 15.1 Å². The van der Waals surface area contributed by atoms with Gasteiger partial charge < -0.3 is 14.2 Å². The van der Waals surface area contributed by atoms with E-state index in [1.165, 1.54) is 0 Å². The molecular formula is C20H21N5O2. The van der Waals surface area contributed by atoms with E-state index in [0.717, 1.165) is 24.3 Å². The summed E-state index contributed by atoms with van der Waals surface area (Å²) >= 11 is 0. The standard InChI is InChI=1S/C20H21N5O2/c26-19(18-14-17(6-7-21-18)24-10-12-27-13-11-24)23-20-22-8-9-25(20)15-16-4-2-1-3-5-16/h1-9,14H,10-13,15H2,(H,22,23,26). The molecule has 0 radical (unpaired) electrons. The molecule has 1 aliphatic rings. The third-order valence-electron chi connectivity index (χ3n) is 4.49. The number of rotatable bonds is 5. The van der Waals surface area contributed by atoms with E-state index in [0.29, 0.717) is 31.4 Å². The third kappa shape index (κ3) is 4.15. The SMILES string of the molecule is O=C(Nc1nccn1Cc1ccccc1)c1cc(N2CCOCC2)ccn1. The highest BCUT2D eigenvalue weighted by molar-refractivity contribution is 6.02. The number of carbonyl (C=O) groups excluding carboxylic acids is 1. The zero-order chi connectivity index (χ0) is 18.5. The van der Waals surface area contributed by atoms with Crippen molar-refractivity contribution < 1.29 is 9.53 Å². The fourth-order valence-corrected chi connectivity index (χ4v) is 3.07. The van der Waals surface area contributed by atoms with Gasteiger partial charge in [-0.05, 0) is 17.7 Å². The zero-order valence-electron chi connectivity index (χ0n) is 14.9. The second-order valence-corrected chi connectivity index (χ2v) is 6.32. The lowest BCUT2D eigenvalue weighted by molar-refractivity contribution is 0.102. The number of nitrogens with zero attached hydrogens (tertiary/aromatic N) is 4. The number of hydrogen-bond donors (Lipinski definition) is 1. The summed E-state index contributed by atoms with van der Waals surface area (Å²) in [6.07, 6.45) is 5.19. The lowest BCUT2D eigenvalue weighted by atomic mass is 10.2. The maximum Gasteiger partial charge on any atom is 0.276 e. The van der Waals surface area contributed by atoms with Crippen molar-refractivity contribution in [1.82, 2.24) is 14.5 Å². The Labute approximate surface area is 157 Å². The molecule has 0 spiro atoms. The van der Waals surface area contributed by atoms with Gasteiger partial charge in [0.15, 0.2) is 0 Å². The van der Waals surface area contributed by atoms with Crippen LogP contribution in [0, 0.1) is 0 Å². The van der Waals surface area contributed by atoms with Gasteiger partial charge >= 0.3 is 0 Å². The van der Waals surface area contributed by atoms with E-state index in [-0.39, 0.29) is 5.91 Å². The predicted octanol–water partition coefficient (Wildman–Crippen LogP) is 2.42. The largest absolute Gasteiger partial charge is 0.378 e. The molecule has 7 nitrogen and oxygen atoms in total. The lowest BCUT2D eigenvalue weighted by Crippen LogP contribution is -2.36. The molecule has 0 saturated carbocycles. The molecule has 1 amide bonds. The molecule has 138 valence electrons. The van der Waals surface area contributed by atoms with Crippen molar-refractivity contribution in [2.75, 3.05) is 36.5 Å². The number of carbonyl (C=O) groups is 1. The van der Waals surface area contributed by atoms with Gasteiger partial charge in [-0.15, -0.1) is 0 Å². The quantitative estimate of drug-likeness (QED) is 0.754. The third-order valence-corrected chi connectivity index (χ3v) is 4.49. The van der Waals surface area contributed by atoms with Gasteiger partial charge in [-0.2, -0.15) is 0 Å². The Balaban J connectivity index is 1.48. The average molecular weight is 363 g/mol. The minimum absolute atomic E-state index is 0.273. The van der Waals surface area contributed by atoms with E-state index >= 15 is 0 Å². The maximum atomic E-state index is 12.7. The first-order valence-electron chi connectivity index (χ1n) is 8.95. The molecule has 7 heteroatoms. The molecule has 27 heavy (non-hydrogen) atoms. The van der Waals surface area contributed by atoms with Crippen LogP contribution in [0.25, 0.3) is 0 Å². The number of ether oxygens (including phenoxy) is 1. The monoisotopic (exact) mass is 363 g/mol. The first-order chi connectivity index (χ1) is 13.3. The van der Waals surface area contributed by atoms with Gasteiger partial charge in [-0.1, -0.05) is 30.3 Å². The Kier molecular flexibility index (Phi) is 5.11. The van der Waals surface area contributed by atoms with E-state index in [1.54, 1.807) is 12.4 Å². The Morgan fingerprint density at radius 1 is 1.07 bits per heavy atom. The highest BCUT2D eigenvalue weighted by Crippen LogP contribution is 2.17. The summed E-state index contributed by atoms with van der Waals surface area (Å²) in [6.45, 7) is 3.65. The number of pyridine rings is 1. The fourth-order valence-electron chi connectivity index (χ4n) is 3.07. The van der Waals surface area contributed by atoms with Crippen LogP contribution < -0.4 is 10.2 Å². The van der Waals surface area contributed by atoms with Crippen LogP contribution in [0.4, 0.5) is 11.6 Å². The molecule has 1 aromatic carbocycles. The minimum atomic E-state index is -0.273. The van der Waals surface area contributed by atoms with Crippen LogP contribution in [0.3, 0.4) is 0 Å². The number of morpholine rings is 1. The van der Waals surface area contributed by atoms with Crippen LogP contribution in [0.15, 0.2) is 61.1 Å². The normalized spacial score (nSPS) is 14.1. The van der Waals surface area contributed by atoms with E-state index in [9.17, 15) is 4.79 Å². The van der Waals surface area contributed by atoms with E-state index < -0.39 is 0 Å². The highest BCUT2D eigenvalue weighted by atomic mass is 16.5. The molecule has 0 atom stereocenters. The lowest BCUT2D eigenvalue weighted by Gasteiger charge is -2.28. The molecule has 2 aromatic heterocycles. The Hall–Kier alpha value is -3.19. The van der Waals surface area contributed by atoms with E-state index in [2.05, 4.69) is 20.2 Å². The number of amides is 1. The molecule has 4 rings (SSSR count). The average Bonchev–Trinajstić information content (AvgIpc) is 3.16. The summed E-state index contributed by atoms with van der Waals surface area (Å²) in [5, 5.41) is 2.86. The molecular weight excluding hydrogens is 342 g/mol. The Bertz CT molecular complexity index is 904. The van der Waals surface area contributed by atoms with Crippen LogP contribution >= 0.6 is 0 Å². The number of aromatic nitrogens is 3. The van der Waals surface area contributed by atoms with Crippen molar-refractivity contribution in [1.29, 1.82) is 0 Å². The highest BCUT2D eigenvalue weighted by Gasteiger charge is 2.16. The summed E-state index contributed by atoms with van der Waals surface area (Å²) in [5.41, 5.74) is 2.48. The molecule has 1 saturated heterocycles. The molecule has 1 aliphatic heterocycles. The van der Waals surface area contributed by atoms with Crippen molar-refractivity contribution in [2.45, 2.75) is 6.54 Å². The van der Waals surface area contributed by atoms with Gasteiger partial charge in [0.2, 0.25) is 5.95 Å². The van der Waals surface area contributed by atoms with Gasteiger partial charge in [0.1, 0.15) is 5.69 Å². The van der Waals surface area contributed by atoms with Gasteiger partial charge in [0.25, 0.3) is 5.91 Å². The van der Waals surface area contributed by atoms with Gasteiger partial charge in [0.05, 0.1) is 19.8 Å². The predicted molar refractivity (Wildman–Crippen MR) is 103 cm³/mol. The molecule has 0 unspecified atom stereocenters. The molecule has 3 aromatic rings. The number of anilines is 2. The summed E-state index contributed by atoms with van der Waals surface area (Å²) in [4.78, 5) is 23.4. The summed E-state index contributed by atoms with van der Waals surface area (Å²) < 4.78 is 7.29. The smallest absolute Gasteiger partial charge is 0.276 e. The van der Waals surface area contributed by atoms with Crippen molar-refractivity contribution in [3.8, 4) is 0 Å². The van der Waals surface area contributed by atoms with Crippen LogP contribution in [0.1, 0.15) is 16.1 Å². The molecule has 0 bridgehead atoms. The van der Waals surface area contributed by atoms with Gasteiger partial charge in [0, 0.05) is 37.4 Å². The molecule has 0 aliphatic carbocycles. The van der Waals surface area contributed by atoms with E-state index in [4.69, 9.17) is 4.74 Å². The van der Waals surface area contributed by atoms with Crippen molar-refractivity contribution in [2.24, 2.45) is 0 Å². The molecule has 3 heterocycles. The van der Waals surface area contributed by atoms with Crippen molar-refractivity contribution >= 4 is 17.5 Å². The second kappa shape index (κ2) is 8.01. The topological polar surface area (TPSA) is 72.3 Å². The molecule has 1 N–H and O–H groups in total. The maximum absolute atomic E-state index is 12.7. The number of benzene rings is 1. The van der Waals surface area contributed by atoms with Crippen LogP contribution in [-0.2, 0) is 11.3 Å². The van der Waals surface area contributed by atoms with Crippen LogP contribution in [0.2, 0.25) is 0 Å². The first kappa shape index (κ1) is 17.2. The van der Waals surface area contributed by atoms with Crippen LogP contribution in [0.5, 0.6) is 0 Å². The van der Waals surface area contributed by atoms with Crippen molar-refractivity contribution in [3.63, 3.8) is 0 Å². The fraction of sp³-hybridized carbons (Fsp3) is 0.250. The number of imidazole rings is 1. The number of hydrogen-bond acceptors (Lipinski definition) is 5. The van der Waals surface area contributed by atoms with Gasteiger partial charge in [-0.25, -0.2) is 4.98 Å². The zero-order valence-corrected chi connectivity index (χ0v) is 14.9. The Morgan fingerprint density at radius 3 is 2.70 bits per heavy atom. The van der Waals surface area contributed by atoms with Crippen molar-refractivity contribution in [3.05, 3.63) is 72.3 Å².